The maximum absolute atomic E-state index is 13.1. The van der Waals surface area contributed by atoms with Crippen LogP contribution in [0.1, 0.15) is 38.5 Å². The molecule has 1 aromatic heterocycles. The Balaban J connectivity index is 1.48. The van der Waals surface area contributed by atoms with Crippen LogP contribution in [-0.4, -0.2) is 28.5 Å². The van der Waals surface area contributed by atoms with E-state index in [2.05, 4.69) is 11.4 Å². The predicted molar refractivity (Wildman–Crippen MR) is 131 cm³/mol. The standard InChI is InChI=1S/C27H21N3O4/c1-34-27(33)20-9-5-8-19(15-20)25(31)28-21-10-11-22-23(16-21)29-24-18(12-13-30(24)26(22)32)14-17-6-3-2-4-7-17/h2-11,14-16H,12-13H2,1H3,(H,28,31). The topological polar surface area (TPSA) is 90.3 Å². The molecule has 0 unspecified atom stereocenters. The van der Waals surface area contributed by atoms with Crippen LogP contribution in [0.5, 0.6) is 0 Å². The number of methoxy groups -OCH3 is 1. The molecule has 168 valence electrons. The molecule has 7 heteroatoms. The van der Waals surface area contributed by atoms with Gasteiger partial charge in [-0.25, -0.2) is 9.78 Å². The van der Waals surface area contributed by atoms with Crippen LogP contribution < -0.4 is 10.9 Å². The Morgan fingerprint density at radius 2 is 1.79 bits per heavy atom. The van der Waals surface area contributed by atoms with Crippen molar-refractivity contribution in [2.24, 2.45) is 0 Å². The van der Waals surface area contributed by atoms with E-state index in [0.717, 1.165) is 17.6 Å². The lowest BCUT2D eigenvalue weighted by atomic mass is 10.1. The van der Waals surface area contributed by atoms with E-state index in [1.165, 1.54) is 13.2 Å². The molecule has 1 aliphatic heterocycles. The molecule has 0 radical (unpaired) electrons. The Kier molecular flexibility index (Phi) is 5.51. The van der Waals surface area contributed by atoms with Crippen LogP contribution in [0.2, 0.25) is 0 Å². The van der Waals surface area contributed by atoms with Crippen LogP contribution in [0.3, 0.4) is 0 Å². The zero-order valence-corrected chi connectivity index (χ0v) is 18.4. The summed E-state index contributed by atoms with van der Waals surface area (Å²) in [5, 5.41) is 3.31. The third-order valence-electron chi connectivity index (χ3n) is 5.79. The van der Waals surface area contributed by atoms with Crippen LogP contribution >= 0.6 is 0 Å². The predicted octanol–water partition coefficient (Wildman–Crippen LogP) is 4.38. The fourth-order valence-corrected chi connectivity index (χ4v) is 4.09. The van der Waals surface area contributed by atoms with Crippen LogP contribution in [0.25, 0.3) is 22.6 Å². The lowest BCUT2D eigenvalue weighted by Crippen LogP contribution is -2.21. The van der Waals surface area contributed by atoms with Crippen molar-refractivity contribution in [3.05, 3.63) is 106 Å². The summed E-state index contributed by atoms with van der Waals surface area (Å²) in [6, 6.07) is 21.3. The summed E-state index contributed by atoms with van der Waals surface area (Å²) in [5.41, 5.74) is 3.58. The maximum atomic E-state index is 13.1. The quantitative estimate of drug-likeness (QED) is 0.465. The Labute approximate surface area is 195 Å². The Bertz CT molecular complexity index is 1520. The number of amides is 1. The van der Waals surface area contributed by atoms with Gasteiger partial charge in [0, 0.05) is 17.8 Å². The number of benzene rings is 3. The van der Waals surface area contributed by atoms with Crippen LogP contribution in [0.15, 0.2) is 77.6 Å². The van der Waals surface area contributed by atoms with Gasteiger partial charge in [-0.3, -0.25) is 14.2 Å². The third kappa shape index (κ3) is 3.99. The number of rotatable bonds is 4. The third-order valence-corrected chi connectivity index (χ3v) is 5.79. The molecule has 0 spiro atoms. The zero-order chi connectivity index (χ0) is 23.7. The minimum absolute atomic E-state index is 0.0971. The van der Waals surface area contributed by atoms with Crippen LogP contribution in [-0.2, 0) is 11.3 Å². The van der Waals surface area contributed by atoms with Crippen molar-refractivity contribution in [1.82, 2.24) is 9.55 Å². The summed E-state index contributed by atoms with van der Waals surface area (Å²) < 4.78 is 6.42. The number of nitrogens with zero attached hydrogens (tertiary/aromatic N) is 2. The van der Waals surface area contributed by atoms with E-state index >= 15 is 0 Å². The van der Waals surface area contributed by atoms with Gasteiger partial charge in [-0.05, 0) is 60.0 Å². The van der Waals surface area contributed by atoms with Gasteiger partial charge in [0.1, 0.15) is 5.82 Å². The molecule has 0 fully saturated rings. The van der Waals surface area contributed by atoms with E-state index < -0.39 is 5.97 Å². The SMILES string of the molecule is COC(=O)c1cccc(C(=O)Nc2ccc3c(=O)n4c(nc3c2)C(=Cc2ccccc2)CC4)c1. The summed E-state index contributed by atoms with van der Waals surface area (Å²) in [6.45, 7) is 0.588. The van der Waals surface area contributed by atoms with Crippen LogP contribution in [0.4, 0.5) is 5.69 Å². The first-order valence-electron chi connectivity index (χ1n) is 10.8. The molecule has 0 atom stereocenters. The van der Waals surface area contributed by atoms with Gasteiger partial charge in [-0.1, -0.05) is 36.4 Å². The van der Waals surface area contributed by atoms with Gasteiger partial charge >= 0.3 is 5.97 Å². The minimum Gasteiger partial charge on any atom is -0.465 e. The first-order chi connectivity index (χ1) is 16.5. The molecule has 1 aliphatic rings. The highest BCUT2D eigenvalue weighted by Crippen LogP contribution is 2.28. The second-order valence-electron chi connectivity index (χ2n) is 7.98. The number of hydrogen-bond acceptors (Lipinski definition) is 5. The van der Waals surface area contributed by atoms with Crippen molar-refractivity contribution in [3.63, 3.8) is 0 Å². The van der Waals surface area contributed by atoms with Gasteiger partial charge in [0.05, 0.1) is 23.6 Å². The minimum atomic E-state index is -0.516. The molecule has 34 heavy (non-hydrogen) atoms. The number of anilines is 1. The van der Waals surface area contributed by atoms with E-state index in [1.807, 2.05) is 30.3 Å². The molecule has 2 heterocycles. The highest BCUT2D eigenvalue weighted by molar-refractivity contribution is 6.06. The highest BCUT2D eigenvalue weighted by atomic mass is 16.5. The van der Waals surface area contributed by atoms with Crippen molar-refractivity contribution in [3.8, 4) is 0 Å². The Morgan fingerprint density at radius 1 is 1.00 bits per heavy atom. The van der Waals surface area contributed by atoms with Crippen molar-refractivity contribution < 1.29 is 14.3 Å². The first-order valence-corrected chi connectivity index (χ1v) is 10.8. The summed E-state index contributed by atoms with van der Waals surface area (Å²) >= 11 is 0. The number of aromatic nitrogens is 2. The number of fused-ring (bicyclic) bond motifs is 2. The van der Waals surface area contributed by atoms with Crippen molar-refractivity contribution >= 4 is 40.1 Å². The van der Waals surface area contributed by atoms with E-state index in [-0.39, 0.29) is 17.0 Å². The largest absolute Gasteiger partial charge is 0.465 e. The number of carbonyl (C=O) groups is 2. The molecule has 0 bridgehead atoms. The normalized spacial score (nSPS) is 13.6. The number of allylic oxidation sites excluding steroid dienone is 1. The number of carbonyl (C=O) groups excluding carboxylic acids is 2. The van der Waals surface area contributed by atoms with Crippen molar-refractivity contribution in [2.45, 2.75) is 13.0 Å². The lowest BCUT2D eigenvalue weighted by Gasteiger charge is -2.09. The molecule has 1 N–H and O–H groups in total. The van der Waals surface area contributed by atoms with Crippen molar-refractivity contribution in [2.75, 3.05) is 12.4 Å². The first kappa shape index (κ1) is 21.3. The fourth-order valence-electron chi connectivity index (χ4n) is 4.09. The van der Waals surface area contributed by atoms with E-state index in [1.54, 1.807) is 41.0 Å². The molecular weight excluding hydrogens is 430 g/mol. The highest BCUT2D eigenvalue weighted by Gasteiger charge is 2.21. The summed E-state index contributed by atoms with van der Waals surface area (Å²) in [7, 11) is 1.29. The molecule has 0 aliphatic carbocycles. The Morgan fingerprint density at radius 3 is 2.59 bits per heavy atom. The number of ether oxygens (including phenoxy) is 1. The molecule has 7 nitrogen and oxygen atoms in total. The number of nitrogens with one attached hydrogen (secondary N) is 1. The van der Waals surface area contributed by atoms with Gasteiger partial charge in [0.25, 0.3) is 11.5 Å². The number of hydrogen-bond donors (Lipinski definition) is 1. The van der Waals surface area contributed by atoms with Gasteiger partial charge in [-0.15, -0.1) is 0 Å². The monoisotopic (exact) mass is 451 g/mol. The molecule has 3 aromatic carbocycles. The van der Waals surface area contributed by atoms with Gasteiger partial charge in [-0.2, -0.15) is 0 Å². The van der Waals surface area contributed by atoms with Crippen molar-refractivity contribution in [1.29, 1.82) is 0 Å². The summed E-state index contributed by atoms with van der Waals surface area (Å²) in [6.07, 6.45) is 2.78. The molecular formula is C27H21N3O4. The molecule has 4 aromatic rings. The van der Waals surface area contributed by atoms with E-state index in [4.69, 9.17) is 9.72 Å². The average Bonchev–Trinajstić information content (AvgIpc) is 3.26. The Hall–Kier alpha value is -4.52. The average molecular weight is 451 g/mol. The summed E-state index contributed by atoms with van der Waals surface area (Å²) in [4.78, 5) is 42.4. The van der Waals surface area contributed by atoms with Gasteiger partial charge in [0.2, 0.25) is 0 Å². The lowest BCUT2D eigenvalue weighted by molar-refractivity contribution is 0.0600. The summed E-state index contributed by atoms with van der Waals surface area (Å²) in [5.74, 6) is -0.249. The molecule has 5 rings (SSSR count). The second kappa shape index (κ2) is 8.78. The zero-order valence-electron chi connectivity index (χ0n) is 18.4. The van der Waals surface area contributed by atoms with Gasteiger partial charge < -0.3 is 10.1 Å². The smallest absolute Gasteiger partial charge is 0.337 e. The van der Waals surface area contributed by atoms with Crippen LogP contribution in [0, 0.1) is 0 Å². The second-order valence-corrected chi connectivity index (χ2v) is 7.98. The fraction of sp³-hybridized carbons (Fsp3) is 0.111. The number of esters is 1. The molecule has 1 amide bonds. The maximum Gasteiger partial charge on any atom is 0.337 e. The molecule has 0 saturated heterocycles. The molecule has 0 saturated carbocycles. The van der Waals surface area contributed by atoms with Gasteiger partial charge in [0.15, 0.2) is 0 Å². The van der Waals surface area contributed by atoms with E-state index in [9.17, 15) is 14.4 Å². The van der Waals surface area contributed by atoms with E-state index in [0.29, 0.717) is 34.5 Å².